The van der Waals surface area contributed by atoms with Gasteiger partial charge in [0.2, 0.25) is 0 Å². The number of aliphatic imine (C=N–C) groups is 1. The number of carbonyl (C=O) groups excluding carboxylic acids is 1. The van der Waals surface area contributed by atoms with Crippen molar-refractivity contribution in [2.45, 2.75) is 20.5 Å². The van der Waals surface area contributed by atoms with Gasteiger partial charge in [-0.2, -0.15) is 0 Å². The largest absolute Gasteiger partial charge is 0.490 e. The average Bonchev–Trinajstić information content (AvgIpc) is 3.14. The zero-order chi connectivity index (χ0) is 23.2. The summed E-state index contributed by atoms with van der Waals surface area (Å²) in [5.41, 5.74) is 3.91. The van der Waals surface area contributed by atoms with Crippen LogP contribution in [0, 0.1) is 10.5 Å². The van der Waals surface area contributed by atoms with Crippen molar-refractivity contribution in [2.24, 2.45) is 4.99 Å². The number of thioether (sulfide) groups is 1. The number of amides is 1. The molecule has 3 aromatic rings. The van der Waals surface area contributed by atoms with E-state index in [1.54, 1.807) is 0 Å². The SMILES string of the molecule is CCOc1cc(/C=C2/SC(=Nc3ccc(C)cc3)NC2=O)ccc1OCc1ccc(I)cc1. The number of aryl methyl sites for hydroxylation is 1. The van der Waals surface area contributed by atoms with Gasteiger partial charge >= 0.3 is 0 Å². The summed E-state index contributed by atoms with van der Waals surface area (Å²) < 4.78 is 13.0. The molecule has 7 heteroatoms. The Kier molecular flexibility index (Phi) is 7.72. The summed E-state index contributed by atoms with van der Waals surface area (Å²) in [5, 5.41) is 3.40. The molecule has 0 aliphatic carbocycles. The average molecular weight is 570 g/mol. The van der Waals surface area contributed by atoms with Gasteiger partial charge in [-0.05, 0) is 102 Å². The number of hydrogen-bond acceptors (Lipinski definition) is 5. The minimum atomic E-state index is -0.164. The molecular weight excluding hydrogens is 547 g/mol. The monoisotopic (exact) mass is 570 g/mol. The van der Waals surface area contributed by atoms with E-state index < -0.39 is 0 Å². The molecule has 1 N–H and O–H groups in total. The Labute approximate surface area is 211 Å². The number of halogens is 1. The Morgan fingerprint density at radius 2 is 1.76 bits per heavy atom. The molecule has 0 atom stereocenters. The maximum absolute atomic E-state index is 12.5. The zero-order valence-corrected chi connectivity index (χ0v) is 21.3. The third-order valence-electron chi connectivity index (χ3n) is 4.79. The predicted octanol–water partition coefficient (Wildman–Crippen LogP) is 6.47. The van der Waals surface area contributed by atoms with E-state index in [2.05, 4.69) is 45.0 Å². The van der Waals surface area contributed by atoms with E-state index in [9.17, 15) is 4.79 Å². The first-order valence-corrected chi connectivity index (χ1v) is 12.4. The van der Waals surface area contributed by atoms with Gasteiger partial charge in [-0.25, -0.2) is 4.99 Å². The van der Waals surface area contributed by atoms with E-state index in [0.717, 1.165) is 16.8 Å². The first-order chi connectivity index (χ1) is 16.0. The zero-order valence-electron chi connectivity index (χ0n) is 18.3. The Morgan fingerprint density at radius 1 is 1.00 bits per heavy atom. The fraction of sp³-hybridized carbons (Fsp3) is 0.154. The van der Waals surface area contributed by atoms with Gasteiger partial charge in [-0.3, -0.25) is 4.79 Å². The van der Waals surface area contributed by atoms with Crippen LogP contribution in [-0.2, 0) is 11.4 Å². The van der Waals surface area contributed by atoms with Gasteiger partial charge in [-0.15, -0.1) is 0 Å². The highest BCUT2D eigenvalue weighted by Crippen LogP contribution is 2.33. The number of amidine groups is 1. The van der Waals surface area contributed by atoms with Crippen molar-refractivity contribution in [3.05, 3.63) is 91.9 Å². The molecule has 1 amide bonds. The molecule has 1 fully saturated rings. The van der Waals surface area contributed by atoms with Crippen LogP contribution in [0.15, 0.2) is 76.6 Å². The number of nitrogens with one attached hydrogen (secondary N) is 1. The normalized spacial score (nSPS) is 15.7. The van der Waals surface area contributed by atoms with Crippen LogP contribution in [0.5, 0.6) is 11.5 Å². The molecule has 1 heterocycles. The van der Waals surface area contributed by atoms with Crippen LogP contribution in [0.1, 0.15) is 23.6 Å². The second kappa shape index (κ2) is 10.9. The first kappa shape index (κ1) is 23.4. The molecule has 168 valence electrons. The molecule has 4 rings (SSSR count). The van der Waals surface area contributed by atoms with Gasteiger partial charge in [0.1, 0.15) is 6.61 Å². The van der Waals surface area contributed by atoms with Crippen LogP contribution in [-0.4, -0.2) is 17.7 Å². The van der Waals surface area contributed by atoms with Gasteiger partial charge in [0.25, 0.3) is 5.91 Å². The fourth-order valence-electron chi connectivity index (χ4n) is 3.11. The molecule has 1 aliphatic heterocycles. The van der Waals surface area contributed by atoms with Gasteiger partial charge in [0, 0.05) is 3.57 Å². The highest BCUT2D eigenvalue weighted by molar-refractivity contribution is 14.1. The molecular formula is C26H23IN2O3S. The van der Waals surface area contributed by atoms with Crippen molar-refractivity contribution >= 4 is 57.2 Å². The molecule has 0 radical (unpaired) electrons. The number of rotatable bonds is 7. The topological polar surface area (TPSA) is 59.9 Å². The standard InChI is InChI=1S/C26H23IN2O3S/c1-3-31-23-14-19(8-13-22(23)32-16-18-6-9-20(27)10-7-18)15-24-25(30)29-26(33-24)28-21-11-4-17(2)5-12-21/h4-15H,3,16H2,1-2H3,(H,28,29,30)/b24-15+. The van der Waals surface area contributed by atoms with Crippen molar-refractivity contribution in [3.63, 3.8) is 0 Å². The summed E-state index contributed by atoms with van der Waals surface area (Å²) >= 11 is 3.60. The van der Waals surface area contributed by atoms with Crippen molar-refractivity contribution in [1.29, 1.82) is 0 Å². The van der Waals surface area contributed by atoms with Crippen LogP contribution in [0.4, 0.5) is 5.69 Å². The maximum Gasteiger partial charge on any atom is 0.264 e. The van der Waals surface area contributed by atoms with Crippen molar-refractivity contribution in [1.82, 2.24) is 5.32 Å². The summed E-state index contributed by atoms with van der Waals surface area (Å²) in [6, 6.07) is 21.7. The van der Waals surface area contributed by atoms with E-state index in [4.69, 9.17) is 9.47 Å². The van der Waals surface area contributed by atoms with Crippen LogP contribution >= 0.6 is 34.4 Å². The van der Waals surface area contributed by atoms with E-state index in [1.165, 1.54) is 20.9 Å². The Balaban J connectivity index is 1.49. The van der Waals surface area contributed by atoms with Crippen LogP contribution in [0.3, 0.4) is 0 Å². The van der Waals surface area contributed by atoms with Crippen LogP contribution in [0.2, 0.25) is 0 Å². The number of carbonyl (C=O) groups is 1. The minimum absolute atomic E-state index is 0.164. The molecule has 3 aromatic carbocycles. The lowest BCUT2D eigenvalue weighted by Gasteiger charge is -2.13. The van der Waals surface area contributed by atoms with E-state index in [0.29, 0.717) is 34.8 Å². The Hall–Kier alpha value is -2.78. The summed E-state index contributed by atoms with van der Waals surface area (Å²) in [6.07, 6.45) is 1.84. The quantitative estimate of drug-likeness (QED) is 0.262. The minimum Gasteiger partial charge on any atom is -0.490 e. The van der Waals surface area contributed by atoms with E-state index >= 15 is 0 Å². The van der Waals surface area contributed by atoms with Gasteiger partial charge in [0.15, 0.2) is 16.7 Å². The van der Waals surface area contributed by atoms with Crippen LogP contribution < -0.4 is 14.8 Å². The summed E-state index contributed by atoms with van der Waals surface area (Å²) in [7, 11) is 0. The first-order valence-electron chi connectivity index (χ1n) is 10.5. The molecule has 0 unspecified atom stereocenters. The van der Waals surface area contributed by atoms with Crippen molar-refractivity contribution in [3.8, 4) is 11.5 Å². The number of nitrogens with zero attached hydrogens (tertiary/aromatic N) is 1. The lowest BCUT2D eigenvalue weighted by atomic mass is 10.2. The van der Waals surface area contributed by atoms with Crippen molar-refractivity contribution < 1.29 is 14.3 Å². The van der Waals surface area contributed by atoms with Gasteiger partial charge < -0.3 is 14.8 Å². The second-order valence-electron chi connectivity index (χ2n) is 7.37. The molecule has 0 spiro atoms. The lowest BCUT2D eigenvalue weighted by Crippen LogP contribution is -2.19. The third-order valence-corrected chi connectivity index (χ3v) is 6.42. The second-order valence-corrected chi connectivity index (χ2v) is 9.65. The lowest BCUT2D eigenvalue weighted by molar-refractivity contribution is -0.115. The summed E-state index contributed by atoms with van der Waals surface area (Å²) in [6.45, 7) is 4.93. The van der Waals surface area contributed by atoms with Gasteiger partial charge in [-0.1, -0.05) is 35.9 Å². The predicted molar refractivity (Wildman–Crippen MR) is 143 cm³/mol. The molecule has 0 saturated carbocycles. The van der Waals surface area contributed by atoms with Gasteiger partial charge in [0.05, 0.1) is 17.2 Å². The summed E-state index contributed by atoms with van der Waals surface area (Å²) in [5.74, 6) is 1.15. The smallest absolute Gasteiger partial charge is 0.264 e. The number of ether oxygens (including phenoxy) is 2. The summed E-state index contributed by atoms with van der Waals surface area (Å²) in [4.78, 5) is 17.6. The fourth-order valence-corrected chi connectivity index (χ4v) is 4.31. The molecule has 1 saturated heterocycles. The highest BCUT2D eigenvalue weighted by atomic mass is 127. The molecule has 5 nitrogen and oxygen atoms in total. The third kappa shape index (κ3) is 6.39. The van der Waals surface area contributed by atoms with E-state index in [1.807, 2.05) is 74.5 Å². The molecule has 0 bridgehead atoms. The number of benzene rings is 3. The van der Waals surface area contributed by atoms with E-state index in [-0.39, 0.29) is 5.91 Å². The maximum atomic E-state index is 12.5. The number of hydrogen-bond donors (Lipinski definition) is 1. The highest BCUT2D eigenvalue weighted by Gasteiger charge is 2.24. The Morgan fingerprint density at radius 3 is 2.48 bits per heavy atom. The van der Waals surface area contributed by atoms with Crippen molar-refractivity contribution in [2.75, 3.05) is 6.61 Å². The van der Waals surface area contributed by atoms with Crippen LogP contribution in [0.25, 0.3) is 6.08 Å². The molecule has 0 aromatic heterocycles. The molecule has 33 heavy (non-hydrogen) atoms. The molecule has 1 aliphatic rings. The Bertz CT molecular complexity index is 1210.